The summed E-state index contributed by atoms with van der Waals surface area (Å²) >= 11 is 0. The number of amides is 3. The molecule has 1 aliphatic rings. The molecule has 0 saturated heterocycles. The van der Waals surface area contributed by atoms with E-state index in [9.17, 15) is 24.3 Å². The minimum Gasteiger partial charge on any atom is -0.480 e. The molecule has 1 aliphatic carbocycles. The highest BCUT2D eigenvalue weighted by Crippen LogP contribution is 2.27. The lowest BCUT2D eigenvalue weighted by molar-refractivity contribution is -0.142. The molecule has 2 aromatic rings. The van der Waals surface area contributed by atoms with Crippen LogP contribution in [0, 0.1) is 5.92 Å². The summed E-state index contributed by atoms with van der Waals surface area (Å²) in [7, 11) is 1.90. The lowest BCUT2D eigenvalue weighted by atomic mass is 9.84. The molecule has 0 bridgehead atoms. The minimum absolute atomic E-state index is 0.227. The number of benzene rings is 1. The number of nitrogens with two attached hydrogens (primary N) is 2. The van der Waals surface area contributed by atoms with Crippen molar-refractivity contribution in [3.05, 3.63) is 30.1 Å². The maximum Gasteiger partial charge on any atom is 0.326 e. The Kier molecular flexibility index (Phi) is 13.7. The molecule has 234 valence electrons. The molecule has 2 atom stereocenters. The lowest BCUT2D eigenvalue weighted by Gasteiger charge is -2.27. The molecule has 0 unspecified atom stereocenters. The van der Waals surface area contributed by atoms with E-state index in [1.165, 1.54) is 20.3 Å². The van der Waals surface area contributed by atoms with Gasteiger partial charge in [-0.05, 0) is 64.1 Å². The SMILES string of the molecule is CC(C)(N)C(=O)O.Cn1c(CNC(=O)[C@@H](CC2CCCCC2)NC(=O)N[C@@H](CCCCN)C(=O)O)nc2ccccc21. The van der Waals surface area contributed by atoms with Gasteiger partial charge in [0.2, 0.25) is 5.91 Å². The number of aromatic nitrogens is 2. The Balaban J connectivity index is 0.000000782. The second-order valence-corrected chi connectivity index (χ2v) is 11.4. The van der Waals surface area contributed by atoms with Crippen LogP contribution < -0.4 is 27.4 Å². The van der Waals surface area contributed by atoms with Gasteiger partial charge in [-0.1, -0.05) is 44.2 Å². The van der Waals surface area contributed by atoms with E-state index in [-0.39, 0.29) is 18.9 Å². The minimum atomic E-state index is -1.10. The van der Waals surface area contributed by atoms with E-state index in [0.29, 0.717) is 37.5 Å². The van der Waals surface area contributed by atoms with E-state index < -0.39 is 35.6 Å². The number of hydrogen-bond donors (Lipinski definition) is 7. The van der Waals surface area contributed by atoms with Crippen LogP contribution in [-0.4, -0.2) is 67.8 Å². The maximum atomic E-state index is 13.2. The molecule has 3 amide bonds. The number of rotatable bonds is 13. The van der Waals surface area contributed by atoms with E-state index >= 15 is 0 Å². The molecule has 42 heavy (non-hydrogen) atoms. The van der Waals surface area contributed by atoms with E-state index in [4.69, 9.17) is 16.6 Å². The molecule has 1 aromatic heterocycles. The number of carbonyl (C=O) groups excluding carboxylic acids is 2. The van der Waals surface area contributed by atoms with Crippen LogP contribution in [0.1, 0.15) is 77.5 Å². The number of urea groups is 1. The second-order valence-electron chi connectivity index (χ2n) is 11.4. The van der Waals surface area contributed by atoms with Crippen molar-refractivity contribution < 1.29 is 29.4 Å². The standard InChI is InChI=1S/C25H38N6O4.C4H9NO2/c1-31-21-13-6-5-11-18(21)28-22(31)16-27-23(32)20(15-17-9-3-2-4-10-17)30-25(35)29-19(24(33)34)12-7-8-14-26;1-4(2,5)3(6)7/h5-6,11,13,17,19-20H,2-4,7-10,12,14-16,26H2,1H3,(H,27,32)(H,33,34)(H2,29,30,35);5H2,1-2H3,(H,6,7)/t19-,20+;/m0./s1. The van der Waals surface area contributed by atoms with Gasteiger partial charge < -0.3 is 42.2 Å². The van der Waals surface area contributed by atoms with Crippen molar-refractivity contribution in [3.63, 3.8) is 0 Å². The quantitative estimate of drug-likeness (QED) is 0.170. The van der Waals surface area contributed by atoms with Gasteiger partial charge in [-0.15, -0.1) is 0 Å². The zero-order valence-corrected chi connectivity index (χ0v) is 24.9. The fourth-order valence-electron chi connectivity index (χ4n) is 4.74. The number of nitrogens with zero attached hydrogens (tertiary/aromatic N) is 2. The largest absolute Gasteiger partial charge is 0.480 e. The molecule has 0 spiro atoms. The molecule has 3 rings (SSSR count). The molecule has 13 heteroatoms. The molecular formula is C29H47N7O6. The van der Waals surface area contributed by atoms with Gasteiger partial charge in [-0.25, -0.2) is 14.6 Å². The number of aliphatic carboxylic acids is 2. The predicted molar refractivity (Wildman–Crippen MR) is 159 cm³/mol. The fraction of sp³-hybridized carbons (Fsp3) is 0.621. The van der Waals surface area contributed by atoms with E-state index in [2.05, 4.69) is 20.9 Å². The van der Waals surface area contributed by atoms with Crippen LogP contribution >= 0.6 is 0 Å². The van der Waals surface area contributed by atoms with Crippen LogP contribution in [0.15, 0.2) is 24.3 Å². The van der Waals surface area contributed by atoms with Crippen molar-refractivity contribution >= 4 is 34.9 Å². The van der Waals surface area contributed by atoms with Crippen molar-refractivity contribution in [2.45, 2.75) is 95.8 Å². The van der Waals surface area contributed by atoms with Crippen LogP contribution in [-0.2, 0) is 28.0 Å². The van der Waals surface area contributed by atoms with Gasteiger partial charge >= 0.3 is 18.0 Å². The molecular weight excluding hydrogens is 542 g/mol. The Hall–Kier alpha value is -3.71. The monoisotopic (exact) mass is 589 g/mol. The first-order chi connectivity index (χ1) is 19.8. The number of hydrogen-bond acceptors (Lipinski definition) is 7. The van der Waals surface area contributed by atoms with Gasteiger partial charge in [0.05, 0.1) is 17.6 Å². The Morgan fingerprint density at radius 2 is 1.67 bits per heavy atom. The normalized spacial score (nSPS) is 15.2. The Bertz CT molecular complexity index is 1190. The molecule has 1 aromatic carbocycles. The van der Waals surface area contributed by atoms with Crippen LogP contribution in [0.2, 0.25) is 0 Å². The Morgan fingerprint density at radius 3 is 2.24 bits per heavy atom. The summed E-state index contributed by atoms with van der Waals surface area (Å²) in [6.45, 7) is 3.57. The number of imidazole rings is 1. The highest BCUT2D eigenvalue weighted by molar-refractivity contribution is 5.88. The van der Waals surface area contributed by atoms with E-state index in [1.54, 1.807) is 0 Å². The number of aryl methyl sites for hydroxylation is 1. The first-order valence-corrected chi connectivity index (χ1v) is 14.5. The van der Waals surface area contributed by atoms with E-state index in [0.717, 1.165) is 36.7 Å². The number of unbranched alkanes of at least 4 members (excludes halogenated alkanes) is 1. The Morgan fingerprint density at radius 1 is 1.05 bits per heavy atom. The zero-order chi connectivity index (χ0) is 31.3. The summed E-state index contributed by atoms with van der Waals surface area (Å²) in [4.78, 5) is 51.9. The summed E-state index contributed by atoms with van der Waals surface area (Å²) in [5.41, 5.74) is 11.3. The topological polar surface area (TPSA) is 215 Å². The molecule has 0 aliphatic heterocycles. The number of nitrogens with one attached hydrogen (secondary N) is 3. The van der Waals surface area contributed by atoms with Gasteiger partial charge in [-0.3, -0.25) is 9.59 Å². The van der Waals surface area contributed by atoms with Crippen LogP contribution in [0.5, 0.6) is 0 Å². The molecule has 13 nitrogen and oxygen atoms in total. The summed E-state index contributed by atoms with van der Waals surface area (Å²) in [5.74, 6) is -1.32. The third kappa shape index (κ3) is 11.3. The van der Waals surface area contributed by atoms with Crippen molar-refractivity contribution in [3.8, 4) is 0 Å². The first kappa shape index (κ1) is 34.5. The van der Waals surface area contributed by atoms with Crippen molar-refractivity contribution in [2.24, 2.45) is 24.4 Å². The van der Waals surface area contributed by atoms with Gasteiger partial charge in [-0.2, -0.15) is 0 Å². The first-order valence-electron chi connectivity index (χ1n) is 14.5. The lowest BCUT2D eigenvalue weighted by Crippen LogP contribution is -2.53. The Labute approximate surface area is 246 Å². The average molecular weight is 590 g/mol. The van der Waals surface area contributed by atoms with Gasteiger partial charge in [0.15, 0.2) is 0 Å². The fourth-order valence-corrected chi connectivity index (χ4v) is 4.74. The molecule has 1 saturated carbocycles. The summed E-state index contributed by atoms with van der Waals surface area (Å²) in [6.07, 6.45) is 7.56. The van der Waals surface area contributed by atoms with E-state index in [1.807, 2.05) is 35.9 Å². The summed E-state index contributed by atoms with van der Waals surface area (Å²) < 4.78 is 1.94. The van der Waals surface area contributed by atoms with Gasteiger partial charge in [0.25, 0.3) is 0 Å². The number of fused-ring (bicyclic) bond motifs is 1. The van der Waals surface area contributed by atoms with Crippen LogP contribution in [0.25, 0.3) is 11.0 Å². The third-order valence-electron chi connectivity index (χ3n) is 7.32. The number of para-hydroxylation sites is 2. The number of carboxylic acid groups (broad SMARTS) is 2. The molecule has 9 N–H and O–H groups in total. The smallest absolute Gasteiger partial charge is 0.326 e. The van der Waals surface area contributed by atoms with Crippen molar-refractivity contribution in [1.29, 1.82) is 0 Å². The highest BCUT2D eigenvalue weighted by atomic mass is 16.4. The third-order valence-corrected chi connectivity index (χ3v) is 7.32. The maximum absolute atomic E-state index is 13.2. The highest BCUT2D eigenvalue weighted by Gasteiger charge is 2.28. The average Bonchev–Trinajstić information content (AvgIpc) is 3.26. The second kappa shape index (κ2) is 16.7. The van der Waals surface area contributed by atoms with Crippen LogP contribution in [0.4, 0.5) is 4.79 Å². The van der Waals surface area contributed by atoms with Crippen molar-refractivity contribution in [2.75, 3.05) is 6.54 Å². The molecule has 1 fully saturated rings. The van der Waals surface area contributed by atoms with Gasteiger partial charge in [0, 0.05) is 7.05 Å². The summed E-state index contributed by atoms with van der Waals surface area (Å²) in [5, 5.41) is 25.8. The number of carbonyl (C=O) groups is 4. The van der Waals surface area contributed by atoms with Gasteiger partial charge in [0.1, 0.15) is 23.4 Å². The molecule has 1 heterocycles. The zero-order valence-electron chi connectivity index (χ0n) is 24.9. The van der Waals surface area contributed by atoms with Crippen LogP contribution in [0.3, 0.4) is 0 Å². The predicted octanol–water partition coefficient (Wildman–Crippen LogP) is 2.22. The molecule has 0 radical (unpaired) electrons. The summed E-state index contributed by atoms with van der Waals surface area (Å²) in [6, 6.07) is 5.31. The van der Waals surface area contributed by atoms with Crippen molar-refractivity contribution in [1.82, 2.24) is 25.5 Å². The number of carboxylic acids is 2.